The van der Waals surface area contributed by atoms with Crippen molar-refractivity contribution in [3.63, 3.8) is 0 Å². The zero-order valence-corrected chi connectivity index (χ0v) is 7.17. The minimum Gasteiger partial charge on any atom is -0.393 e. The van der Waals surface area contributed by atoms with Gasteiger partial charge in [-0.2, -0.15) is 5.26 Å². The Kier molecular flexibility index (Phi) is 5.50. The van der Waals surface area contributed by atoms with Gasteiger partial charge in [0.1, 0.15) is 0 Å². The van der Waals surface area contributed by atoms with Crippen LogP contribution in [0.15, 0.2) is 11.6 Å². The highest BCUT2D eigenvalue weighted by Gasteiger charge is 2.00. The molecule has 0 spiro atoms. The van der Waals surface area contributed by atoms with Gasteiger partial charge in [0.2, 0.25) is 0 Å². The van der Waals surface area contributed by atoms with Crippen LogP contribution in [0.1, 0.15) is 33.1 Å². The fourth-order valence-electron chi connectivity index (χ4n) is 1.03. The van der Waals surface area contributed by atoms with E-state index in [1.54, 1.807) is 6.92 Å². The van der Waals surface area contributed by atoms with Crippen molar-refractivity contribution in [1.29, 1.82) is 5.26 Å². The summed E-state index contributed by atoms with van der Waals surface area (Å²) in [7, 11) is 0. The molecule has 0 rings (SSSR count). The number of aliphatic hydroxyl groups is 1. The van der Waals surface area contributed by atoms with Crippen molar-refractivity contribution in [3.8, 4) is 6.07 Å². The molecule has 0 heterocycles. The highest BCUT2D eigenvalue weighted by atomic mass is 16.3. The second-order valence-electron chi connectivity index (χ2n) is 2.73. The van der Waals surface area contributed by atoms with Gasteiger partial charge in [0, 0.05) is 6.08 Å². The highest BCUT2D eigenvalue weighted by molar-refractivity contribution is 5.13. The van der Waals surface area contributed by atoms with E-state index >= 15 is 0 Å². The number of aliphatic hydroxyl groups excluding tert-OH is 1. The Balaban J connectivity index is 3.92. The number of hydrogen-bond donors (Lipinski definition) is 1. The van der Waals surface area contributed by atoms with Crippen molar-refractivity contribution in [3.05, 3.63) is 11.6 Å². The lowest BCUT2D eigenvalue weighted by molar-refractivity contribution is 0.194. The van der Waals surface area contributed by atoms with Crippen LogP contribution in [0.4, 0.5) is 0 Å². The molecule has 1 atom stereocenters. The van der Waals surface area contributed by atoms with Crippen molar-refractivity contribution >= 4 is 0 Å². The molecule has 0 amide bonds. The molecule has 0 saturated carbocycles. The van der Waals surface area contributed by atoms with Crippen LogP contribution in [0.3, 0.4) is 0 Å². The van der Waals surface area contributed by atoms with Gasteiger partial charge in [0.25, 0.3) is 0 Å². The average molecular weight is 153 g/mol. The lowest BCUT2D eigenvalue weighted by Gasteiger charge is -2.05. The van der Waals surface area contributed by atoms with Gasteiger partial charge in [0.15, 0.2) is 0 Å². The number of hydrogen-bond acceptors (Lipinski definition) is 2. The van der Waals surface area contributed by atoms with E-state index in [4.69, 9.17) is 10.4 Å². The van der Waals surface area contributed by atoms with Gasteiger partial charge in [-0.05, 0) is 19.8 Å². The van der Waals surface area contributed by atoms with Crippen LogP contribution in [-0.2, 0) is 0 Å². The zero-order valence-electron chi connectivity index (χ0n) is 7.17. The lowest BCUT2D eigenvalue weighted by atomic mass is 10.0. The summed E-state index contributed by atoms with van der Waals surface area (Å²) >= 11 is 0. The smallest absolute Gasteiger partial charge is 0.0911 e. The Labute approximate surface area is 68.2 Å². The molecular formula is C9H15NO. The van der Waals surface area contributed by atoms with E-state index in [9.17, 15) is 0 Å². The summed E-state index contributed by atoms with van der Waals surface area (Å²) in [6.45, 7) is 3.80. The summed E-state index contributed by atoms with van der Waals surface area (Å²) < 4.78 is 0. The number of rotatable bonds is 4. The SMILES string of the molecule is CCC/C(=C/C#N)CC(C)O. The maximum Gasteiger partial charge on any atom is 0.0911 e. The molecule has 0 radical (unpaired) electrons. The van der Waals surface area contributed by atoms with E-state index in [0.29, 0.717) is 6.42 Å². The van der Waals surface area contributed by atoms with Crippen molar-refractivity contribution in [2.75, 3.05) is 0 Å². The fourth-order valence-corrected chi connectivity index (χ4v) is 1.03. The monoisotopic (exact) mass is 153 g/mol. The molecular weight excluding hydrogens is 138 g/mol. The second-order valence-corrected chi connectivity index (χ2v) is 2.73. The van der Waals surface area contributed by atoms with Crippen LogP contribution in [0, 0.1) is 11.3 Å². The Morgan fingerprint density at radius 2 is 2.36 bits per heavy atom. The molecule has 0 aliphatic carbocycles. The van der Waals surface area contributed by atoms with Crippen LogP contribution < -0.4 is 0 Å². The predicted molar refractivity (Wildman–Crippen MR) is 44.9 cm³/mol. The normalized spacial score (nSPS) is 14.2. The Morgan fingerprint density at radius 1 is 1.73 bits per heavy atom. The van der Waals surface area contributed by atoms with Crippen molar-refractivity contribution in [2.45, 2.75) is 39.2 Å². The zero-order chi connectivity index (χ0) is 8.69. The van der Waals surface area contributed by atoms with E-state index in [2.05, 4.69) is 6.92 Å². The summed E-state index contributed by atoms with van der Waals surface area (Å²) in [5.41, 5.74) is 1.05. The van der Waals surface area contributed by atoms with Gasteiger partial charge in [-0.15, -0.1) is 0 Å². The molecule has 62 valence electrons. The predicted octanol–water partition coefficient (Wildman–Crippen LogP) is 2.01. The van der Waals surface area contributed by atoms with E-state index in [-0.39, 0.29) is 6.10 Å². The third-order valence-corrected chi connectivity index (χ3v) is 1.40. The van der Waals surface area contributed by atoms with Gasteiger partial charge >= 0.3 is 0 Å². The summed E-state index contributed by atoms with van der Waals surface area (Å²) in [5.74, 6) is 0. The molecule has 1 unspecified atom stereocenters. The van der Waals surface area contributed by atoms with Crippen molar-refractivity contribution in [2.24, 2.45) is 0 Å². The minimum atomic E-state index is -0.332. The quantitative estimate of drug-likeness (QED) is 0.628. The molecule has 2 heteroatoms. The van der Waals surface area contributed by atoms with E-state index in [0.717, 1.165) is 18.4 Å². The lowest BCUT2D eigenvalue weighted by Crippen LogP contribution is -2.01. The van der Waals surface area contributed by atoms with Gasteiger partial charge in [-0.3, -0.25) is 0 Å². The van der Waals surface area contributed by atoms with Gasteiger partial charge in [-0.1, -0.05) is 18.9 Å². The largest absolute Gasteiger partial charge is 0.393 e. The number of allylic oxidation sites excluding steroid dienone is 1. The third kappa shape index (κ3) is 5.63. The van der Waals surface area contributed by atoms with E-state index in [1.807, 2.05) is 6.07 Å². The molecule has 0 aliphatic rings. The highest BCUT2D eigenvalue weighted by Crippen LogP contribution is 2.11. The summed E-state index contributed by atoms with van der Waals surface area (Å²) in [6.07, 6.45) is 3.78. The van der Waals surface area contributed by atoms with Crippen LogP contribution in [0.25, 0.3) is 0 Å². The first kappa shape index (κ1) is 10.2. The van der Waals surface area contributed by atoms with E-state index < -0.39 is 0 Å². The van der Waals surface area contributed by atoms with Crippen LogP contribution in [0.5, 0.6) is 0 Å². The van der Waals surface area contributed by atoms with Crippen LogP contribution in [-0.4, -0.2) is 11.2 Å². The molecule has 0 fully saturated rings. The minimum absolute atomic E-state index is 0.332. The number of nitriles is 1. The van der Waals surface area contributed by atoms with Gasteiger partial charge in [-0.25, -0.2) is 0 Å². The Bertz CT molecular complexity index is 165. The van der Waals surface area contributed by atoms with Gasteiger partial charge in [0.05, 0.1) is 12.2 Å². The second kappa shape index (κ2) is 5.94. The van der Waals surface area contributed by atoms with Crippen molar-refractivity contribution in [1.82, 2.24) is 0 Å². The molecule has 0 aromatic carbocycles. The first-order chi connectivity index (χ1) is 5.20. The van der Waals surface area contributed by atoms with E-state index in [1.165, 1.54) is 6.08 Å². The Morgan fingerprint density at radius 3 is 2.73 bits per heavy atom. The average Bonchev–Trinajstić information content (AvgIpc) is 1.87. The first-order valence-electron chi connectivity index (χ1n) is 3.96. The first-order valence-corrected chi connectivity index (χ1v) is 3.96. The summed E-state index contributed by atoms with van der Waals surface area (Å²) in [4.78, 5) is 0. The van der Waals surface area contributed by atoms with Crippen LogP contribution >= 0.6 is 0 Å². The molecule has 2 nitrogen and oxygen atoms in total. The maximum atomic E-state index is 9.03. The third-order valence-electron chi connectivity index (χ3n) is 1.40. The molecule has 0 aromatic heterocycles. The standard InChI is InChI=1S/C9H15NO/c1-3-4-9(5-6-10)7-8(2)11/h5,8,11H,3-4,7H2,1-2H3/b9-5-. The van der Waals surface area contributed by atoms with Gasteiger partial charge < -0.3 is 5.11 Å². The molecule has 0 bridgehead atoms. The molecule has 0 saturated heterocycles. The summed E-state index contributed by atoms with van der Waals surface area (Å²) in [6, 6.07) is 1.98. The summed E-state index contributed by atoms with van der Waals surface area (Å²) in [5, 5.41) is 17.4. The molecule has 11 heavy (non-hydrogen) atoms. The Hall–Kier alpha value is -0.810. The molecule has 1 N–H and O–H groups in total. The van der Waals surface area contributed by atoms with Crippen LogP contribution in [0.2, 0.25) is 0 Å². The molecule has 0 aromatic rings. The van der Waals surface area contributed by atoms with Crippen molar-refractivity contribution < 1.29 is 5.11 Å². The fraction of sp³-hybridized carbons (Fsp3) is 0.667. The topological polar surface area (TPSA) is 44.0 Å². The number of nitrogens with zero attached hydrogens (tertiary/aromatic N) is 1. The molecule has 0 aliphatic heterocycles. The maximum absolute atomic E-state index is 9.03.